The molecule has 0 aliphatic carbocycles. The van der Waals surface area contributed by atoms with Gasteiger partial charge in [-0.25, -0.2) is 18.7 Å². The van der Waals surface area contributed by atoms with Crippen LogP contribution in [0.4, 0.5) is 15.0 Å². The standard InChI is InChI=1S/C22H25ClFN7O.ClH/c1-13-11-29(22(25)32)12-17(27-13)19-20-26-7-3-9-31(20)28-21(19)30-8-2-4-18(30)15-10-14(24)5-6-16(15)23;/h3,5-7,9-10,13,17-18,27H,2,4,8,11-12H2,1H3,(H2,25,32);1H/t13?,17?,18-;/m1./s1. The Morgan fingerprint density at radius 3 is 2.94 bits per heavy atom. The first-order chi connectivity index (χ1) is 15.4. The minimum absolute atomic E-state index is 0. The second-order valence-electron chi connectivity index (χ2n) is 8.51. The second-order valence-corrected chi connectivity index (χ2v) is 8.91. The molecule has 3 N–H and O–H groups in total. The summed E-state index contributed by atoms with van der Waals surface area (Å²) in [5.41, 5.74) is 7.98. The molecule has 0 saturated carbocycles. The number of halogens is 3. The molecule has 4 heterocycles. The Labute approximate surface area is 202 Å². The molecule has 176 valence electrons. The number of carbonyl (C=O) groups excluding carboxylic acids is 1. The van der Waals surface area contributed by atoms with Crippen molar-refractivity contribution in [3.63, 3.8) is 0 Å². The molecule has 2 unspecified atom stereocenters. The summed E-state index contributed by atoms with van der Waals surface area (Å²) >= 11 is 6.47. The lowest BCUT2D eigenvalue weighted by Crippen LogP contribution is -2.54. The van der Waals surface area contributed by atoms with E-state index in [0.717, 1.165) is 42.0 Å². The Morgan fingerprint density at radius 2 is 2.15 bits per heavy atom. The highest BCUT2D eigenvalue weighted by molar-refractivity contribution is 6.31. The van der Waals surface area contributed by atoms with Crippen molar-refractivity contribution < 1.29 is 9.18 Å². The summed E-state index contributed by atoms with van der Waals surface area (Å²) in [6.07, 6.45) is 5.35. The predicted molar refractivity (Wildman–Crippen MR) is 127 cm³/mol. The van der Waals surface area contributed by atoms with Crippen molar-refractivity contribution in [3.05, 3.63) is 58.6 Å². The van der Waals surface area contributed by atoms with Crippen molar-refractivity contribution in [2.45, 2.75) is 37.9 Å². The number of amides is 2. The van der Waals surface area contributed by atoms with E-state index in [9.17, 15) is 9.18 Å². The van der Waals surface area contributed by atoms with Crippen LogP contribution >= 0.6 is 24.0 Å². The van der Waals surface area contributed by atoms with Crippen LogP contribution in [0.1, 0.15) is 43.0 Å². The zero-order valence-electron chi connectivity index (χ0n) is 18.1. The fraction of sp³-hybridized carbons (Fsp3) is 0.409. The molecule has 2 aliphatic heterocycles. The van der Waals surface area contributed by atoms with Crippen LogP contribution in [0.5, 0.6) is 0 Å². The number of aromatic nitrogens is 3. The second kappa shape index (κ2) is 9.32. The molecule has 2 fully saturated rings. The first-order valence-electron chi connectivity index (χ1n) is 10.8. The third-order valence-corrected chi connectivity index (χ3v) is 6.64. The molecule has 5 rings (SSSR count). The highest BCUT2D eigenvalue weighted by Crippen LogP contribution is 2.42. The number of nitrogens with two attached hydrogens (primary N) is 1. The summed E-state index contributed by atoms with van der Waals surface area (Å²) < 4.78 is 15.8. The number of urea groups is 1. The van der Waals surface area contributed by atoms with Gasteiger partial charge in [0.15, 0.2) is 11.5 Å². The molecule has 2 saturated heterocycles. The Balaban J connectivity index is 0.00000259. The molecule has 11 heteroatoms. The molecule has 2 aliphatic rings. The molecular weight excluding hydrogens is 468 g/mol. The minimum atomic E-state index is -0.445. The van der Waals surface area contributed by atoms with Gasteiger partial charge in [-0.3, -0.25) is 0 Å². The van der Waals surface area contributed by atoms with Crippen LogP contribution in [-0.4, -0.2) is 51.2 Å². The van der Waals surface area contributed by atoms with Gasteiger partial charge in [0.25, 0.3) is 0 Å². The average molecular weight is 494 g/mol. The van der Waals surface area contributed by atoms with E-state index in [-0.39, 0.29) is 36.3 Å². The highest BCUT2D eigenvalue weighted by Gasteiger charge is 2.37. The Kier molecular flexibility index (Phi) is 6.65. The van der Waals surface area contributed by atoms with Crippen molar-refractivity contribution in [3.8, 4) is 0 Å². The Bertz CT molecular complexity index is 1170. The molecule has 0 radical (unpaired) electrons. The van der Waals surface area contributed by atoms with Gasteiger partial charge in [0.1, 0.15) is 5.82 Å². The van der Waals surface area contributed by atoms with Gasteiger partial charge in [-0.2, -0.15) is 0 Å². The van der Waals surface area contributed by atoms with Crippen LogP contribution in [0.15, 0.2) is 36.7 Å². The molecule has 2 aromatic heterocycles. The Hall–Kier alpha value is -2.62. The quantitative estimate of drug-likeness (QED) is 0.580. The van der Waals surface area contributed by atoms with Gasteiger partial charge in [-0.1, -0.05) is 11.6 Å². The third kappa shape index (κ3) is 4.32. The molecule has 3 aromatic rings. The maximum atomic E-state index is 14.1. The van der Waals surface area contributed by atoms with Gasteiger partial charge in [-0.15, -0.1) is 17.5 Å². The fourth-order valence-electron chi connectivity index (χ4n) is 4.96. The van der Waals surface area contributed by atoms with E-state index in [4.69, 9.17) is 22.4 Å². The predicted octanol–water partition coefficient (Wildman–Crippen LogP) is 3.70. The summed E-state index contributed by atoms with van der Waals surface area (Å²) in [5, 5.41) is 8.98. The average Bonchev–Trinajstić information content (AvgIpc) is 3.39. The number of hydrogen-bond donors (Lipinski definition) is 2. The van der Waals surface area contributed by atoms with E-state index in [1.807, 2.05) is 19.2 Å². The van der Waals surface area contributed by atoms with Gasteiger partial charge in [0.2, 0.25) is 0 Å². The van der Waals surface area contributed by atoms with Crippen molar-refractivity contribution in [2.75, 3.05) is 24.5 Å². The van der Waals surface area contributed by atoms with E-state index in [1.54, 1.807) is 21.7 Å². The number of anilines is 1. The number of benzene rings is 1. The van der Waals surface area contributed by atoms with E-state index in [1.165, 1.54) is 12.1 Å². The van der Waals surface area contributed by atoms with Crippen molar-refractivity contribution >= 4 is 41.5 Å². The van der Waals surface area contributed by atoms with Crippen LogP contribution in [0, 0.1) is 5.82 Å². The van der Waals surface area contributed by atoms with Gasteiger partial charge >= 0.3 is 6.03 Å². The summed E-state index contributed by atoms with van der Waals surface area (Å²) in [7, 11) is 0. The number of nitrogens with one attached hydrogen (secondary N) is 1. The van der Waals surface area contributed by atoms with Gasteiger partial charge in [0.05, 0.1) is 17.6 Å². The van der Waals surface area contributed by atoms with Crippen molar-refractivity contribution in [1.29, 1.82) is 0 Å². The first kappa shape index (κ1) is 23.5. The number of carbonyl (C=O) groups is 1. The van der Waals surface area contributed by atoms with Crippen LogP contribution in [-0.2, 0) is 0 Å². The lowest BCUT2D eigenvalue weighted by molar-refractivity contribution is 0.170. The smallest absolute Gasteiger partial charge is 0.314 e. The maximum absolute atomic E-state index is 14.1. The molecule has 0 spiro atoms. The van der Waals surface area contributed by atoms with Crippen molar-refractivity contribution in [1.82, 2.24) is 24.8 Å². The van der Waals surface area contributed by atoms with Crippen LogP contribution < -0.4 is 16.0 Å². The molecular formula is C22H26Cl2FN7O. The van der Waals surface area contributed by atoms with E-state index < -0.39 is 6.03 Å². The van der Waals surface area contributed by atoms with E-state index >= 15 is 0 Å². The van der Waals surface area contributed by atoms with Gasteiger partial charge in [0, 0.05) is 43.1 Å². The maximum Gasteiger partial charge on any atom is 0.314 e. The zero-order valence-corrected chi connectivity index (χ0v) is 19.7. The molecule has 33 heavy (non-hydrogen) atoms. The number of rotatable bonds is 3. The van der Waals surface area contributed by atoms with Crippen molar-refractivity contribution in [2.24, 2.45) is 5.73 Å². The summed E-state index contributed by atoms with van der Waals surface area (Å²) in [6.45, 7) is 3.74. The first-order valence-corrected chi connectivity index (χ1v) is 11.2. The number of piperazine rings is 1. The Morgan fingerprint density at radius 1 is 1.33 bits per heavy atom. The number of fused-ring (bicyclic) bond motifs is 1. The van der Waals surface area contributed by atoms with E-state index in [2.05, 4.69) is 15.2 Å². The summed E-state index contributed by atoms with van der Waals surface area (Å²) in [5.74, 6) is 0.454. The minimum Gasteiger partial charge on any atom is -0.351 e. The zero-order chi connectivity index (χ0) is 22.4. The fourth-order valence-corrected chi connectivity index (χ4v) is 5.20. The van der Waals surface area contributed by atoms with Gasteiger partial charge < -0.3 is 20.9 Å². The topological polar surface area (TPSA) is 91.8 Å². The molecule has 3 atom stereocenters. The number of primary amides is 1. The number of hydrogen-bond acceptors (Lipinski definition) is 5. The molecule has 2 amide bonds. The normalized spacial score (nSPS) is 23.1. The summed E-state index contributed by atoms with van der Waals surface area (Å²) in [4.78, 5) is 20.4. The highest BCUT2D eigenvalue weighted by atomic mass is 35.5. The van der Waals surface area contributed by atoms with Gasteiger partial charge in [-0.05, 0) is 49.6 Å². The third-order valence-electron chi connectivity index (χ3n) is 6.30. The lowest BCUT2D eigenvalue weighted by atomic mass is 10.0. The van der Waals surface area contributed by atoms with Crippen LogP contribution in [0.2, 0.25) is 5.02 Å². The van der Waals surface area contributed by atoms with E-state index in [0.29, 0.717) is 18.1 Å². The summed E-state index contributed by atoms with van der Waals surface area (Å²) in [6, 6.07) is 5.62. The molecule has 0 bridgehead atoms. The monoisotopic (exact) mass is 493 g/mol. The largest absolute Gasteiger partial charge is 0.351 e. The van der Waals surface area contributed by atoms with Crippen LogP contribution in [0.3, 0.4) is 0 Å². The SMILES string of the molecule is CC1CN(C(N)=O)CC(c2c(N3CCC[C@@H]3c3cc(F)ccc3Cl)nn3cccnc23)N1.Cl. The number of nitrogens with zero attached hydrogens (tertiary/aromatic N) is 5. The molecule has 8 nitrogen and oxygen atoms in total. The lowest BCUT2D eigenvalue weighted by Gasteiger charge is -2.37. The van der Waals surface area contributed by atoms with Crippen LogP contribution in [0.25, 0.3) is 5.65 Å². The molecule has 1 aromatic carbocycles.